The quantitative estimate of drug-likeness (QED) is 0.872. The number of rotatable bonds is 6. The fourth-order valence-corrected chi connectivity index (χ4v) is 1.84. The van der Waals surface area contributed by atoms with Gasteiger partial charge in [-0.1, -0.05) is 6.92 Å². The van der Waals surface area contributed by atoms with Gasteiger partial charge in [-0.15, -0.1) is 0 Å². The third-order valence-corrected chi connectivity index (χ3v) is 2.93. The van der Waals surface area contributed by atoms with Gasteiger partial charge in [0, 0.05) is 28.8 Å². The summed E-state index contributed by atoms with van der Waals surface area (Å²) < 4.78 is 6.63. The van der Waals surface area contributed by atoms with Crippen molar-refractivity contribution in [3.05, 3.63) is 22.3 Å². The molecule has 1 aromatic heterocycles. The molecule has 2 rings (SSSR count). The Morgan fingerprint density at radius 3 is 3.06 bits per heavy atom. The molecule has 0 aromatic carbocycles. The van der Waals surface area contributed by atoms with E-state index in [2.05, 4.69) is 39.2 Å². The fraction of sp³-hybridized carbons (Fsp3) is 0.583. The van der Waals surface area contributed by atoms with Crippen molar-refractivity contribution in [2.45, 2.75) is 38.8 Å². The van der Waals surface area contributed by atoms with Gasteiger partial charge in [0.05, 0.1) is 6.61 Å². The molecule has 0 bridgehead atoms. The Kier molecular flexibility index (Phi) is 4.18. The van der Waals surface area contributed by atoms with E-state index in [0.717, 1.165) is 35.5 Å². The van der Waals surface area contributed by atoms with E-state index in [4.69, 9.17) is 4.74 Å². The fourth-order valence-electron chi connectivity index (χ4n) is 1.47. The molecule has 1 aliphatic carbocycles. The van der Waals surface area contributed by atoms with Crippen molar-refractivity contribution >= 4 is 15.9 Å². The van der Waals surface area contributed by atoms with E-state index in [0.29, 0.717) is 6.04 Å². The number of hydrogen-bond donors (Lipinski definition) is 1. The van der Waals surface area contributed by atoms with Crippen LogP contribution in [0.4, 0.5) is 0 Å². The van der Waals surface area contributed by atoms with Crippen LogP contribution < -0.4 is 10.1 Å². The molecule has 0 radical (unpaired) electrons. The van der Waals surface area contributed by atoms with Gasteiger partial charge in [-0.05, 0) is 41.3 Å². The molecule has 0 atom stereocenters. The molecule has 1 heterocycles. The van der Waals surface area contributed by atoms with E-state index in [1.165, 1.54) is 12.8 Å². The molecule has 16 heavy (non-hydrogen) atoms. The first-order valence-electron chi connectivity index (χ1n) is 5.80. The van der Waals surface area contributed by atoms with Gasteiger partial charge in [-0.3, -0.25) is 0 Å². The lowest BCUT2D eigenvalue weighted by molar-refractivity contribution is 0.301. The minimum atomic E-state index is 0.706. The van der Waals surface area contributed by atoms with Crippen molar-refractivity contribution in [1.82, 2.24) is 10.3 Å². The SMILES string of the molecule is CCCOc1ncc(Br)cc1CNC1CC1. The average molecular weight is 285 g/mol. The number of ether oxygens (including phenoxy) is 1. The third-order valence-electron chi connectivity index (χ3n) is 2.49. The van der Waals surface area contributed by atoms with Gasteiger partial charge in [0.2, 0.25) is 5.88 Å². The van der Waals surface area contributed by atoms with Crippen LogP contribution in [0.5, 0.6) is 5.88 Å². The Bertz CT molecular complexity index is 353. The van der Waals surface area contributed by atoms with Crippen LogP contribution in [0, 0.1) is 0 Å². The summed E-state index contributed by atoms with van der Waals surface area (Å²) in [4.78, 5) is 4.30. The molecular formula is C12H17BrN2O. The molecule has 1 saturated carbocycles. The average Bonchev–Trinajstić information content (AvgIpc) is 3.09. The lowest BCUT2D eigenvalue weighted by atomic mass is 10.2. The molecular weight excluding hydrogens is 268 g/mol. The van der Waals surface area contributed by atoms with E-state index in [1.807, 2.05) is 0 Å². The van der Waals surface area contributed by atoms with Crippen LogP contribution in [0.1, 0.15) is 31.7 Å². The second kappa shape index (κ2) is 5.64. The first-order chi connectivity index (χ1) is 7.79. The van der Waals surface area contributed by atoms with Gasteiger partial charge in [-0.25, -0.2) is 4.98 Å². The van der Waals surface area contributed by atoms with Crippen LogP contribution in [-0.4, -0.2) is 17.6 Å². The summed E-state index contributed by atoms with van der Waals surface area (Å²) in [5, 5.41) is 3.48. The van der Waals surface area contributed by atoms with E-state index in [9.17, 15) is 0 Å². The topological polar surface area (TPSA) is 34.1 Å². The predicted molar refractivity (Wildman–Crippen MR) is 67.6 cm³/mol. The maximum atomic E-state index is 5.62. The van der Waals surface area contributed by atoms with Crippen LogP contribution in [0.15, 0.2) is 16.7 Å². The molecule has 3 nitrogen and oxygen atoms in total. The summed E-state index contributed by atoms with van der Waals surface area (Å²) in [6, 6.07) is 2.78. The molecule has 1 fully saturated rings. The van der Waals surface area contributed by atoms with Gasteiger partial charge in [-0.2, -0.15) is 0 Å². The van der Waals surface area contributed by atoms with E-state index < -0.39 is 0 Å². The zero-order valence-electron chi connectivity index (χ0n) is 9.50. The van der Waals surface area contributed by atoms with Crippen LogP contribution in [0.2, 0.25) is 0 Å². The van der Waals surface area contributed by atoms with Crippen LogP contribution in [-0.2, 0) is 6.54 Å². The lowest BCUT2D eigenvalue weighted by Gasteiger charge is -2.10. The molecule has 4 heteroatoms. The zero-order chi connectivity index (χ0) is 11.4. The van der Waals surface area contributed by atoms with Crippen LogP contribution in [0.25, 0.3) is 0 Å². The summed E-state index contributed by atoms with van der Waals surface area (Å²) in [5.74, 6) is 0.762. The van der Waals surface area contributed by atoms with Crippen molar-refractivity contribution in [2.24, 2.45) is 0 Å². The molecule has 0 saturated heterocycles. The van der Waals surface area contributed by atoms with E-state index in [-0.39, 0.29) is 0 Å². The highest BCUT2D eigenvalue weighted by molar-refractivity contribution is 9.10. The molecule has 1 aromatic rings. The first kappa shape index (κ1) is 11.9. The number of aromatic nitrogens is 1. The summed E-state index contributed by atoms with van der Waals surface area (Å²) in [7, 11) is 0. The van der Waals surface area contributed by atoms with Crippen LogP contribution >= 0.6 is 15.9 Å². The highest BCUT2D eigenvalue weighted by Gasteiger charge is 2.20. The first-order valence-corrected chi connectivity index (χ1v) is 6.59. The molecule has 0 aliphatic heterocycles. The number of nitrogens with zero attached hydrogens (tertiary/aromatic N) is 1. The summed E-state index contributed by atoms with van der Waals surface area (Å²) in [6.45, 7) is 3.67. The van der Waals surface area contributed by atoms with E-state index >= 15 is 0 Å². The van der Waals surface area contributed by atoms with Gasteiger partial charge in [0.25, 0.3) is 0 Å². The Hall–Kier alpha value is -0.610. The van der Waals surface area contributed by atoms with E-state index in [1.54, 1.807) is 6.20 Å². The molecule has 0 unspecified atom stereocenters. The predicted octanol–water partition coefficient (Wildman–Crippen LogP) is 2.88. The molecule has 0 spiro atoms. The highest BCUT2D eigenvalue weighted by atomic mass is 79.9. The van der Waals surface area contributed by atoms with Crippen molar-refractivity contribution in [3.8, 4) is 5.88 Å². The zero-order valence-corrected chi connectivity index (χ0v) is 11.1. The summed E-state index contributed by atoms with van der Waals surface area (Å²) in [5.41, 5.74) is 1.13. The van der Waals surface area contributed by atoms with Crippen molar-refractivity contribution < 1.29 is 4.74 Å². The summed E-state index contributed by atoms with van der Waals surface area (Å²) >= 11 is 3.44. The minimum absolute atomic E-state index is 0.706. The van der Waals surface area contributed by atoms with Crippen molar-refractivity contribution in [2.75, 3.05) is 6.61 Å². The second-order valence-electron chi connectivity index (χ2n) is 4.12. The van der Waals surface area contributed by atoms with Gasteiger partial charge in [0.1, 0.15) is 0 Å². The number of nitrogens with one attached hydrogen (secondary N) is 1. The van der Waals surface area contributed by atoms with Gasteiger partial charge >= 0.3 is 0 Å². The standard InChI is InChI=1S/C12H17BrN2O/c1-2-5-16-12-9(6-10(13)8-15-12)7-14-11-3-4-11/h6,8,11,14H,2-5,7H2,1H3. The smallest absolute Gasteiger partial charge is 0.217 e. The summed E-state index contributed by atoms with van der Waals surface area (Å²) in [6.07, 6.45) is 5.39. The number of pyridine rings is 1. The highest BCUT2D eigenvalue weighted by Crippen LogP contribution is 2.23. The normalized spacial score (nSPS) is 15.1. The van der Waals surface area contributed by atoms with Crippen molar-refractivity contribution in [1.29, 1.82) is 0 Å². The van der Waals surface area contributed by atoms with Crippen molar-refractivity contribution in [3.63, 3.8) is 0 Å². The van der Waals surface area contributed by atoms with Gasteiger partial charge < -0.3 is 10.1 Å². The molecule has 1 aliphatic rings. The molecule has 0 amide bonds. The largest absolute Gasteiger partial charge is 0.477 e. The third kappa shape index (κ3) is 3.46. The maximum absolute atomic E-state index is 5.62. The lowest BCUT2D eigenvalue weighted by Crippen LogP contribution is -2.16. The Morgan fingerprint density at radius 2 is 2.38 bits per heavy atom. The van der Waals surface area contributed by atoms with Crippen LogP contribution in [0.3, 0.4) is 0 Å². The molecule has 88 valence electrons. The van der Waals surface area contributed by atoms with Gasteiger partial charge in [0.15, 0.2) is 0 Å². The number of halogens is 1. The maximum Gasteiger partial charge on any atom is 0.217 e. The Balaban J connectivity index is 2.01. The monoisotopic (exact) mass is 284 g/mol. The molecule has 1 N–H and O–H groups in total. The Labute approximate surface area is 105 Å². The minimum Gasteiger partial charge on any atom is -0.477 e. The number of hydrogen-bond acceptors (Lipinski definition) is 3. The second-order valence-corrected chi connectivity index (χ2v) is 5.04. The Morgan fingerprint density at radius 1 is 1.56 bits per heavy atom.